The Balaban J connectivity index is 1.59. The lowest BCUT2D eigenvalue weighted by atomic mass is 9.85. The van der Waals surface area contributed by atoms with E-state index in [1.807, 2.05) is 6.92 Å². The van der Waals surface area contributed by atoms with Gasteiger partial charge in [0.05, 0.1) is 27.5 Å². The van der Waals surface area contributed by atoms with Crippen LogP contribution in [-0.2, 0) is 19.6 Å². The second kappa shape index (κ2) is 8.68. The van der Waals surface area contributed by atoms with E-state index in [0.717, 1.165) is 5.56 Å². The van der Waals surface area contributed by atoms with Crippen LogP contribution in [0, 0.1) is 17.0 Å². The van der Waals surface area contributed by atoms with E-state index in [0.29, 0.717) is 25.7 Å². The van der Waals surface area contributed by atoms with E-state index in [1.54, 1.807) is 12.1 Å². The zero-order chi connectivity index (χ0) is 23.8. The Kier molecular flexibility index (Phi) is 6.06. The lowest BCUT2D eigenvalue weighted by molar-refractivity contribution is -0.384. The van der Waals surface area contributed by atoms with Gasteiger partial charge in [0, 0.05) is 18.6 Å². The number of hydrogen-bond acceptors (Lipinski definition) is 7. The van der Waals surface area contributed by atoms with Crippen molar-refractivity contribution in [1.82, 2.24) is 4.31 Å². The number of nitrogens with zero attached hydrogens (tertiary/aromatic N) is 2. The van der Waals surface area contributed by atoms with E-state index in [1.165, 1.54) is 40.7 Å². The van der Waals surface area contributed by atoms with Crippen LogP contribution in [0.15, 0.2) is 53.4 Å². The van der Waals surface area contributed by atoms with E-state index < -0.39 is 32.6 Å². The molecule has 1 saturated heterocycles. The SMILES string of the molecule is Cc1ccc(S(=O)(=O)N2C[C@@H](OC(=O)c3ccc([N+](=O)[O-])cc3)CC[C@]23CCCC3=O)cc1. The monoisotopic (exact) mass is 472 g/mol. The Morgan fingerprint density at radius 1 is 1.12 bits per heavy atom. The molecule has 0 aromatic heterocycles. The van der Waals surface area contributed by atoms with Gasteiger partial charge >= 0.3 is 5.97 Å². The Morgan fingerprint density at radius 2 is 1.79 bits per heavy atom. The number of rotatable bonds is 5. The van der Waals surface area contributed by atoms with Crippen LogP contribution in [0.5, 0.6) is 0 Å². The summed E-state index contributed by atoms with van der Waals surface area (Å²) in [6, 6.07) is 11.4. The molecule has 9 nitrogen and oxygen atoms in total. The fourth-order valence-electron chi connectivity index (χ4n) is 4.62. The standard InChI is InChI=1S/C23H24N2O7S/c1-16-4-10-20(11-5-16)33(30,31)24-15-19(12-14-23(24)13-2-3-21(23)26)32-22(27)17-6-8-18(9-7-17)25(28)29/h4-11,19H,2-3,12-15H2,1H3/t19-,23-/m0/s1. The van der Waals surface area contributed by atoms with Crippen molar-refractivity contribution in [2.24, 2.45) is 0 Å². The van der Waals surface area contributed by atoms with Gasteiger partial charge in [-0.15, -0.1) is 0 Å². The third kappa shape index (κ3) is 4.28. The number of nitro benzene ring substituents is 1. The third-order valence-electron chi connectivity index (χ3n) is 6.44. The summed E-state index contributed by atoms with van der Waals surface area (Å²) >= 11 is 0. The quantitative estimate of drug-likeness (QED) is 0.371. The molecule has 174 valence electrons. The number of aryl methyl sites for hydroxylation is 1. The minimum Gasteiger partial charge on any atom is -0.457 e. The highest BCUT2D eigenvalue weighted by Gasteiger charge is 2.55. The normalized spacial score (nSPS) is 23.5. The molecule has 0 radical (unpaired) electrons. The van der Waals surface area contributed by atoms with Crippen molar-refractivity contribution in [2.45, 2.75) is 55.6 Å². The minimum atomic E-state index is -4.01. The third-order valence-corrected chi connectivity index (χ3v) is 8.38. The summed E-state index contributed by atoms with van der Waals surface area (Å²) in [5, 5.41) is 10.8. The Bertz CT molecular complexity index is 1190. The van der Waals surface area contributed by atoms with Crippen molar-refractivity contribution >= 4 is 27.5 Å². The largest absolute Gasteiger partial charge is 0.457 e. The van der Waals surface area contributed by atoms with E-state index in [2.05, 4.69) is 0 Å². The number of hydrogen-bond donors (Lipinski definition) is 0. The van der Waals surface area contributed by atoms with E-state index >= 15 is 0 Å². The number of Topliss-reactive ketones (excluding diaryl/α,β-unsaturated/α-hetero) is 1. The number of benzene rings is 2. The molecule has 2 fully saturated rings. The van der Waals surface area contributed by atoms with Gasteiger partial charge in [-0.1, -0.05) is 17.7 Å². The molecule has 1 heterocycles. The van der Waals surface area contributed by atoms with Crippen molar-refractivity contribution in [3.63, 3.8) is 0 Å². The molecule has 1 spiro atoms. The molecule has 1 aliphatic carbocycles. The van der Waals surface area contributed by atoms with Gasteiger partial charge in [-0.2, -0.15) is 4.31 Å². The molecule has 0 amide bonds. The lowest BCUT2D eigenvalue weighted by Gasteiger charge is -2.44. The first-order chi connectivity index (χ1) is 15.6. The molecule has 1 aliphatic heterocycles. The van der Waals surface area contributed by atoms with Crippen molar-refractivity contribution < 1.29 is 27.7 Å². The van der Waals surface area contributed by atoms with Gasteiger partial charge in [0.1, 0.15) is 6.10 Å². The predicted octanol–water partition coefficient (Wildman–Crippen LogP) is 3.41. The maximum atomic E-state index is 13.6. The second-order valence-electron chi connectivity index (χ2n) is 8.53. The van der Waals surface area contributed by atoms with Gasteiger partial charge in [0.25, 0.3) is 5.69 Å². The molecule has 10 heteroatoms. The van der Waals surface area contributed by atoms with E-state index in [9.17, 15) is 28.1 Å². The first-order valence-corrected chi connectivity index (χ1v) is 12.2. The first kappa shape index (κ1) is 23.1. The topological polar surface area (TPSA) is 124 Å². The number of sulfonamides is 1. The average Bonchev–Trinajstić information content (AvgIpc) is 3.15. The highest BCUT2D eigenvalue weighted by atomic mass is 32.2. The van der Waals surface area contributed by atoms with Gasteiger partial charge < -0.3 is 4.74 Å². The molecule has 0 bridgehead atoms. The first-order valence-electron chi connectivity index (χ1n) is 10.7. The number of carbonyl (C=O) groups is 2. The molecule has 2 aromatic rings. The van der Waals surface area contributed by atoms with Crippen LogP contribution in [0.4, 0.5) is 5.69 Å². The van der Waals surface area contributed by atoms with Crippen LogP contribution in [0.2, 0.25) is 0 Å². The second-order valence-corrected chi connectivity index (χ2v) is 10.4. The van der Waals surface area contributed by atoms with Crippen LogP contribution in [0.25, 0.3) is 0 Å². The molecule has 2 aliphatic rings. The van der Waals surface area contributed by atoms with Crippen LogP contribution in [-0.4, -0.2) is 47.6 Å². The fourth-order valence-corrected chi connectivity index (χ4v) is 6.46. The van der Waals surface area contributed by atoms with E-state index in [-0.39, 0.29) is 34.9 Å². The summed E-state index contributed by atoms with van der Waals surface area (Å²) in [4.78, 5) is 35.8. The summed E-state index contributed by atoms with van der Waals surface area (Å²) in [6.45, 7) is 1.73. The molecule has 0 N–H and O–H groups in total. The highest BCUT2D eigenvalue weighted by molar-refractivity contribution is 7.89. The summed E-state index contributed by atoms with van der Waals surface area (Å²) in [7, 11) is -4.01. The van der Waals surface area contributed by atoms with Crippen LogP contribution >= 0.6 is 0 Å². The van der Waals surface area contributed by atoms with Crippen LogP contribution in [0.1, 0.15) is 48.0 Å². The maximum absolute atomic E-state index is 13.6. The zero-order valence-electron chi connectivity index (χ0n) is 18.1. The molecule has 0 unspecified atom stereocenters. The highest BCUT2D eigenvalue weighted by Crippen LogP contribution is 2.43. The molecule has 1 saturated carbocycles. The van der Waals surface area contributed by atoms with Gasteiger partial charge in [0.15, 0.2) is 5.78 Å². The van der Waals surface area contributed by atoms with Crippen molar-refractivity contribution in [3.8, 4) is 0 Å². The average molecular weight is 473 g/mol. The molecular weight excluding hydrogens is 448 g/mol. The van der Waals surface area contributed by atoms with Gasteiger partial charge in [-0.25, -0.2) is 13.2 Å². The predicted molar refractivity (Wildman–Crippen MR) is 118 cm³/mol. The van der Waals surface area contributed by atoms with Gasteiger partial charge in [0.2, 0.25) is 10.0 Å². The molecule has 33 heavy (non-hydrogen) atoms. The number of non-ortho nitro benzene ring substituents is 1. The van der Waals surface area contributed by atoms with Gasteiger partial charge in [-0.05, 0) is 56.9 Å². The number of nitro groups is 1. The summed E-state index contributed by atoms with van der Waals surface area (Å²) in [5.41, 5.74) is -0.221. The number of esters is 1. The van der Waals surface area contributed by atoms with Crippen molar-refractivity contribution in [3.05, 3.63) is 69.8 Å². The Hall–Kier alpha value is -3.11. The van der Waals surface area contributed by atoms with E-state index in [4.69, 9.17) is 4.74 Å². The summed E-state index contributed by atoms with van der Waals surface area (Å²) < 4.78 is 34.0. The molecule has 4 rings (SSSR count). The Morgan fingerprint density at radius 3 is 2.36 bits per heavy atom. The van der Waals surface area contributed by atoms with Crippen LogP contribution in [0.3, 0.4) is 0 Å². The lowest BCUT2D eigenvalue weighted by Crippen LogP contribution is -2.60. The fraction of sp³-hybridized carbons (Fsp3) is 0.391. The smallest absolute Gasteiger partial charge is 0.338 e. The van der Waals surface area contributed by atoms with Crippen LogP contribution < -0.4 is 0 Å². The number of ether oxygens (including phenoxy) is 1. The summed E-state index contributed by atoms with van der Waals surface area (Å²) in [6.07, 6.45) is 1.27. The number of carbonyl (C=O) groups excluding carboxylic acids is 2. The van der Waals surface area contributed by atoms with Crippen molar-refractivity contribution in [1.29, 1.82) is 0 Å². The van der Waals surface area contributed by atoms with Crippen molar-refractivity contribution in [2.75, 3.05) is 6.54 Å². The number of ketones is 1. The van der Waals surface area contributed by atoms with Gasteiger partial charge in [-0.3, -0.25) is 14.9 Å². The zero-order valence-corrected chi connectivity index (χ0v) is 18.9. The maximum Gasteiger partial charge on any atom is 0.338 e. The Labute approximate surface area is 191 Å². The molecule has 2 atom stereocenters. The minimum absolute atomic E-state index is 0.0921. The summed E-state index contributed by atoms with van der Waals surface area (Å²) in [5.74, 6) is -0.797. The molecule has 2 aromatic carbocycles. The number of piperidine rings is 1. The molecular formula is C23H24N2O7S.